The summed E-state index contributed by atoms with van der Waals surface area (Å²) in [6, 6.07) is 1.24. The van der Waals surface area contributed by atoms with Crippen molar-refractivity contribution in [3.05, 3.63) is 12.7 Å². The van der Waals surface area contributed by atoms with E-state index in [2.05, 4.69) is 27.0 Å². The summed E-state index contributed by atoms with van der Waals surface area (Å²) in [6.07, 6.45) is 5.82. The zero-order valence-corrected chi connectivity index (χ0v) is 11.3. The average Bonchev–Trinajstić information content (AvgIpc) is 2.18. The lowest BCUT2D eigenvalue weighted by atomic mass is 10.2. The molecule has 0 N–H and O–H groups in total. The van der Waals surface area contributed by atoms with Gasteiger partial charge < -0.3 is 9.16 Å². The standard InChI is InChI=1S/C12H24O2Si/c1-5-9-13-12(6-2)15(4)10-7-8-11(3)14-15/h5,11-12H,1,6-10H2,2-4H3. The van der Waals surface area contributed by atoms with E-state index in [4.69, 9.17) is 9.16 Å². The minimum Gasteiger partial charge on any atom is -0.412 e. The van der Waals surface area contributed by atoms with Crippen LogP contribution in [0.3, 0.4) is 0 Å². The molecule has 0 amide bonds. The van der Waals surface area contributed by atoms with Gasteiger partial charge in [0.05, 0.1) is 12.3 Å². The first kappa shape index (κ1) is 12.9. The lowest BCUT2D eigenvalue weighted by Crippen LogP contribution is -2.52. The summed E-state index contributed by atoms with van der Waals surface area (Å²) >= 11 is 0. The maximum atomic E-state index is 6.20. The number of ether oxygens (including phenoxy) is 1. The van der Waals surface area contributed by atoms with Gasteiger partial charge in [0.25, 0.3) is 0 Å². The summed E-state index contributed by atoms with van der Waals surface area (Å²) < 4.78 is 12.1. The highest BCUT2D eigenvalue weighted by atomic mass is 28.4. The van der Waals surface area contributed by atoms with Gasteiger partial charge in [0.2, 0.25) is 8.32 Å². The topological polar surface area (TPSA) is 18.5 Å². The van der Waals surface area contributed by atoms with Gasteiger partial charge in [-0.3, -0.25) is 0 Å². The van der Waals surface area contributed by atoms with Crippen molar-refractivity contribution in [1.29, 1.82) is 0 Å². The van der Waals surface area contributed by atoms with Crippen LogP contribution in [0.1, 0.15) is 33.1 Å². The lowest BCUT2D eigenvalue weighted by Gasteiger charge is -2.40. The molecule has 0 spiro atoms. The molecule has 1 fully saturated rings. The van der Waals surface area contributed by atoms with Gasteiger partial charge in [-0.2, -0.15) is 0 Å². The van der Waals surface area contributed by atoms with Gasteiger partial charge in [-0.15, -0.1) is 6.58 Å². The van der Waals surface area contributed by atoms with Crippen LogP contribution >= 0.6 is 0 Å². The molecule has 1 rings (SSSR count). The number of hydrogen-bond donors (Lipinski definition) is 0. The van der Waals surface area contributed by atoms with Gasteiger partial charge in [-0.25, -0.2) is 0 Å². The van der Waals surface area contributed by atoms with Gasteiger partial charge in [0.15, 0.2) is 0 Å². The highest BCUT2D eigenvalue weighted by Gasteiger charge is 2.41. The molecule has 3 heteroatoms. The molecule has 1 saturated heterocycles. The molecule has 0 aromatic rings. The maximum Gasteiger partial charge on any atom is 0.218 e. The van der Waals surface area contributed by atoms with E-state index >= 15 is 0 Å². The summed E-state index contributed by atoms with van der Waals surface area (Å²) in [4.78, 5) is 0. The van der Waals surface area contributed by atoms with Crippen LogP contribution in [-0.2, 0) is 9.16 Å². The molecule has 0 bridgehead atoms. The van der Waals surface area contributed by atoms with Crippen molar-refractivity contribution in [2.75, 3.05) is 6.61 Å². The Bertz CT molecular complexity index is 208. The zero-order valence-electron chi connectivity index (χ0n) is 10.3. The van der Waals surface area contributed by atoms with Gasteiger partial charge in [0.1, 0.15) is 0 Å². The van der Waals surface area contributed by atoms with Crippen molar-refractivity contribution in [2.24, 2.45) is 0 Å². The van der Waals surface area contributed by atoms with Gasteiger partial charge >= 0.3 is 0 Å². The smallest absolute Gasteiger partial charge is 0.218 e. The van der Waals surface area contributed by atoms with Crippen LogP contribution < -0.4 is 0 Å². The van der Waals surface area contributed by atoms with Crippen molar-refractivity contribution < 1.29 is 9.16 Å². The fraction of sp³-hybridized carbons (Fsp3) is 0.833. The largest absolute Gasteiger partial charge is 0.412 e. The third-order valence-corrected chi connectivity index (χ3v) is 7.45. The molecule has 0 radical (unpaired) electrons. The molecule has 3 atom stereocenters. The lowest BCUT2D eigenvalue weighted by molar-refractivity contribution is 0.0779. The predicted molar refractivity (Wildman–Crippen MR) is 66.4 cm³/mol. The number of hydrogen-bond acceptors (Lipinski definition) is 2. The van der Waals surface area contributed by atoms with E-state index in [9.17, 15) is 0 Å². The van der Waals surface area contributed by atoms with Gasteiger partial charge in [0, 0.05) is 6.10 Å². The van der Waals surface area contributed by atoms with Crippen molar-refractivity contribution >= 4 is 8.32 Å². The van der Waals surface area contributed by atoms with Crippen molar-refractivity contribution in [3.8, 4) is 0 Å². The molecule has 1 aliphatic rings. The SMILES string of the molecule is C=CCOC(CC)[Si]1(C)CCCC(C)O1. The molecular formula is C12H24O2Si. The Hall–Kier alpha value is -0.123. The average molecular weight is 228 g/mol. The van der Waals surface area contributed by atoms with E-state index in [1.54, 1.807) is 0 Å². The molecule has 1 heterocycles. The molecular weight excluding hydrogens is 204 g/mol. The van der Waals surface area contributed by atoms with Crippen molar-refractivity contribution in [1.82, 2.24) is 0 Å². The van der Waals surface area contributed by atoms with Crippen LogP contribution in [0.4, 0.5) is 0 Å². The fourth-order valence-corrected chi connectivity index (χ4v) is 6.31. The summed E-state index contributed by atoms with van der Waals surface area (Å²) in [5.74, 6) is 0. The van der Waals surface area contributed by atoms with Crippen LogP contribution in [0.2, 0.25) is 12.6 Å². The predicted octanol–water partition coefficient (Wildman–Crippen LogP) is 3.28. The first-order valence-corrected chi connectivity index (χ1v) is 8.72. The molecule has 3 unspecified atom stereocenters. The van der Waals surface area contributed by atoms with E-state index in [0.29, 0.717) is 18.4 Å². The van der Waals surface area contributed by atoms with Crippen LogP contribution in [0.25, 0.3) is 0 Å². The second-order valence-electron chi connectivity index (χ2n) is 4.65. The van der Waals surface area contributed by atoms with Gasteiger partial charge in [-0.05, 0) is 32.4 Å². The van der Waals surface area contributed by atoms with Crippen molar-refractivity contribution in [3.63, 3.8) is 0 Å². The zero-order chi connectivity index (χ0) is 11.3. The molecule has 0 saturated carbocycles. The third-order valence-electron chi connectivity index (χ3n) is 3.22. The highest BCUT2D eigenvalue weighted by Crippen LogP contribution is 2.31. The summed E-state index contributed by atoms with van der Waals surface area (Å²) in [5, 5.41) is 0. The number of rotatable bonds is 5. The Kier molecular flexibility index (Phi) is 5.03. The Balaban J connectivity index is 2.58. The Labute approximate surface area is 94.8 Å². The second-order valence-corrected chi connectivity index (χ2v) is 8.66. The molecule has 1 aliphatic heterocycles. The van der Waals surface area contributed by atoms with Crippen LogP contribution in [0, 0.1) is 0 Å². The third kappa shape index (κ3) is 3.43. The molecule has 0 aromatic carbocycles. The minimum absolute atomic E-state index is 0.332. The van der Waals surface area contributed by atoms with E-state index < -0.39 is 8.32 Å². The summed E-state index contributed by atoms with van der Waals surface area (Å²) in [6.45, 7) is 11.0. The summed E-state index contributed by atoms with van der Waals surface area (Å²) in [5.41, 5.74) is 0.332. The summed E-state index contributed by atoms with van der Waals surface area (Å²) in [7, 11) is -1.64. The van der Waals surface area contributed by atoms with E-state index in [1.165, 1.54) is 18.9 Å². The normalized spacial score (nSPS) is 33.7. The maximum absolute atomic E-state index is 6.20. The van der Waals surface area contributed by atoms with E-state index in [-0.39, 0.29) is 0 Å². The Morgan fingerprint density at radius 3 is 2.93 bits per heavy atom. The molecule has 88 valence electrons. The Morgan fingerprint density at radius 1 is 1.67 bits per heavy atom. The monoisotopic (exact) mass is 228 g/mol. The first-order chi connectivity index (χ1) is 7.12. The highest BCUT2D eigenvalue weighted by molar-refractivity contribution is 6.74. The van der Waals surface area contributed by atoms with Crippen LogP contribution in [-0.4, -0.2) is 26.8 Å². The van der Waals surface area contributed by atoms with Crippen LogP contribution in [0.5, 0.6) is 0 Å². The van der Waals surface area contributed by atoms with Crippen LogP contribution in [0.15, 0.2) is 12.7 Å². The van der Waals surface area contributed by atoms with E-state index in [1.807, 2.05) is 6.08 Å². The molecule has 0 aromatic heterocycles. The van der Waals surface area contributed by atoms with Gasteiger partial charge in [-0.1, -0.05) is 19.4 Å². The quantitative estimate of drug-likeness (QED) is 0.531. The fourth-order valence-electron chi connectivity index (χ4n) is 2.46. The molecule has 15 heavy (non-hydrogen) atoms. The molecule has 0 aliphatic carbocycles. The van der Waals surface area contributed by atoms with Crippen molar-refractivity contribution in [2.45, 2.75) is 57.5 Å². The Morgan fingerprint density at radius 2 is 2.40 bits per heavy atom. The first-order valence-electron chi connectivity index (χ1n) is 6.02. The molecule has 2 nitrogen and oxygen atoms in total. The van der Waals surface area contributed by atoms with E-state index in [0.717, 1.165) is 6.42 Å². The second kappa shape index (κ2) is 5.82. The minimum atomic E-state index is -1.64.